The van der Waals surface area contributed by atoms with Gasteiger partial charge in [0.05, 0.1) is 18.8 Å². The van der Waals surface area contributed by atoms with Crippen molar-refractivity contribution in [3.8, 4) is 5.75 Å². The summed E-state index contributed by atoms with van der Waals surface area (Å²) >= 11 is 0. The molecule has 1 aromatic rings. The second-order valence-corrected chi connectivity index (χ2v) is 8.25. The molecule has 1 aliphatic carbocycles. The zero-order chi connectivity index (χ0) is 22.9. The lowest BCUT2D eigenvalue weighted by Gasteiger charge is -2.38. The van der Waals surface area contributed by atoms with E-state index in [0.29, 0.717) is 40.9 Å². The van der Waals surface area contributed by atoms with Gasteiger partial charge >= 0.3 is 11.9 Å². The summed E-state index contributed by atoms with van der Waals surface area (Å²) < 4.78 is 10.5. The maximum atomic E-state index is 13.6. The minimum atomic E-state index is -0.935. The molecule has 0 spiro atoms. The minimum Gasteiger partial charge on any atom is -0.508 e. The van der Waals surface area contributed by atoms with E-state index in [1.54, 1.807) is 19.1 Å². The molecule has 0 fully saturated rings. The van der Waals surface area contributed by atoms with Crippen LogP contribution in [0.1, 0.15) is 52.0 Å². The van der Waals surface area contributed by atoms with Crippen LogP contribution in [0.2, 0.25) is 0 Å². The molecule has 2 N–H and O–H groups in total. The molecule has 2 aliphatic rings. The van der Waals surface area contributed by atoms with Crippen LogP contribution in [0.4, 0.5) is 0 Å². The number of hydrogen-bond donors (Lipinski definition) is 2. The molecule has 0 unspecified atom stereocenters. The first-order chi connectivity index (χ1) is 14.7. The lowest BCUT2D eigenvalue weighted by Crippen LogP contribution is -2.43. The molecule has 0 bridgehead atoms. The first-order valence-corrected chi connectivity index (χ1v) is 10.5. The number of aromatic hydroxyl groups is 1. The van der Waals surface area contributed by atoms with Crippen LogP contribution in [-0.4, -0.2) is 36.0 Å². The fourth-order valence-corrected chi connectivity index (χ4v) is 4.28. The molecule has 1 aliphatic heterocycles. The number of allylic oxidation sites excluding steroid dienone is 3. The Morgan fingerprint density at radius 1 is 1.26 bits per heavy atom. The van der Waals surface area contributed by atoms with Crippen LogP contribution < -0.4 is 5.32 Å². The molecular formula is C24H29NO6. The first-order valence-electron chi connectivity index (χ1n) is 10.5. The number of dihydropyridines is 1. The van der Waals surface area contributed by atoms with Crippen molar-refractivity contribution in [1.82, 2.24) is 5.32 Å². The highest BCUT2D eigenvalue weighted by Crippen LogP contribution is 2.45. The molecule has 1 heterocycles. The minimum absolute atomic E-state index is 0.0763. The molecule has 0 saturated carbocycles. The Morgan fingerprint density at radius 3 is 2.48 bits per heavy atom. The normalized spacial score (nSPS) is 24.3. The van der Waals surface area contributed by atoms with Crippen molar-refractivity contribution in [2.24, 2.45) is 11.8 Å². The van der Waals surface area contributed by atoms with Crippen molar-refractivity contribution in [3.05, 3.63) is 52.4 Å². The number of phenolic OH excluding ortho intramolecular Hbond substituents is 1. The van der Waals surface area contributed by atoms with Gasteiger partial charge in [-0.2, -0.15) is 0 Å². The number of phenols is 1. The number of nitrogens with one attached hydrogen (secondary N) is 1. The number of ketones is 1. The van der Waals surface area contributed by atoms with E-state index in [2.05, 4.69) is 5.32 Å². The summed E-state index contributed by atoms with van der Waals surface area (Å²) in [5.41, 5.74) is 2.68. The summed E-state index contributed by atoms with van der Waals surface area (Å²) in [5, 5.41) is 13.0. The number of ether oxygens (including phenoxy) is 2. The average Bonchev–Trinajstić information content (AvgIpc) is 2.72. The Morgan fingerprint density at radius 2 is 1.90 bits per heavy atom. The van der Waals surface area contributed by atoms with Gasteiger partial charge in [0.15, 0.2) is 5.78 Å². The highest BCUT2D eigenvalue weighted by atomic mass is 16.5. The SMILES string of the molecule is CC[C@H](C)OC(=O)C1=C(C)NC2=C(C(=O)[C@H](C(=O)OC)[C@@H](C)C2)[C@H]1c1ccc(O)cc1. The fraction of sp³-hybridized carbons (Fsp3) is 0.458. The molecule has 166 valence electrons. The zero-order valence-electron chi connectivity index (χ0n) is 18.5. The lowest BCUT2D eigenvalue weighted by molar-refractivity contribution is -0.151. The third-order valence-electron chi connectivity index (χ3n) is 6.07. The Hall–Kier alpha value is -3.09. The third-order valence-corrected chi connectivity index (χ3v) is 6.07. The second kappa shape index (κ2) is 8.96. The number of methoxy groups -OCH3 is 1. The van der Waals surface area contributed by atoms with E-state index in [0.717, 1.165) is 0 Å². The molecule has 7 heteroatoms. The van der Waals surface area contributed by atoms with E-state index >= 15 is 0 Å². The van der Waals surface area contributed by atoms with Gasteiger partial charge in [0.2, 0.25) is 0 Å². The highest BCUT2D eigenvalue weighted by Gasteiger charge is 2.47. The summed E-state index contributed by atoms with van der Waals surface area (Å²) in [6.45, 7) is 7.35. The quantitative estimate of drug-likeness (QED) is 0.549. The van der Waals surface area contributed by atoms with Gasteiger partial charge in [0.25, 0.3) is 0 Å². The number of esters is 2. The highest BCUT2D eigenvalue weighted by molar-refractivity contribution is 6.12. The van der Waals surface area contributed by atoms with Crippen LogP contribution in [0.5, 0.6) is 5.75 Å². The van der Waals surface area contributed by atoms with Crippen LogP contribution in [0.3, 0.4) is 0 Å². The third kappa shape index (κ3) is 4.22. The molecule has 0 radical (unpaired) electrons. The predicted molar refractivity (Wildman–Crippen MR) is 114 cm³/mol. The Kier molecular flexibility index (Phi) is 6.53. The van der Waals surface area contributed by atoms with Crippen molar-refractivity contribution in [1.29, 1.82) is 0 Å². The van der Waals surface area contributed by atoms with Gasteiger partial charge in [-0.1, -0.05) is 26.0 Å². The molecule has 4 atom stereocenters. The topological polar surface area (TPSA) is 102 Å². The van der Waals surface area contributed by atoms with Crippen LogP contribution in [0.25, 0.3) is 0 Å². The van der Waals surface area contributed by atoms with Gasteiger partial charge in [-0.05, 0) is 50.3 Å². The van der Waals surface area contributed by atoms with Gasteiger partial charge in [-0.3, -0.25) is 9.59 Å². The molecule has 0 saturated heterocycles. The predicted octanol–water partition coefficient (Wildman–Crippen LogP) is 3.35. The number of Topliss-reactive ketones (excluding diaryl/α,β-unsaturated/α-hetero) is 1. The number of benzene rings is 1. The number of rotatable bonds is 5. The van der Waals surface area contributed by atoms with E-state index in [9.17, 15) is 19.5 Å². The standard InChI is InChI=1S/C24H29NO6/c1-6-13(3)31-24(29)19-14(4)25-17-11-12(2)18(23(28)30-5)22(27)21(17)20(19)15-7-9-16(26)10-8-15/h7-10,12-13,18,20,25-26H,6,11H2,1-5H3/t12-,13-,18+,20-/m0/s1. The Balaban J connectivity index is 2.15. The largest absolute Gasteiger partial charge is 0.508 e. The summed E-state index contributed by atoms with van der Waals surface area (Å²) in [6.07, 6.45) is 0.846. The first kappa shape index (κ1) is 22.6. The Labute approximate surface area is 182 Å². The second-order valence-electron chi connectivity index (χ2n) is 8.25. The van der Waals surface area contributed by atoms with Gasteiger partial charge in [-0.15, -0.1) is 0 Å². The van der Waals surface area contributed by atoms with Crippen LogP contribution in [0.15, 0.2) is 46.8 Å². The van der Waals surface area contributed by atoms with E-state index in [-0.39, 0.29) is 23.6 Å². The fourth-order valence-electron chi connectivity index (χ4n) is 4.28. The summed E-state index contributed by atoms with van der Waals surface area (Å²) in [5.74, 6) is -3.25. The van der Waals surface area contributed by atoms with E-state index in [1.165, 1.54) is 19.2 Å². The van der Waals surface area contributed by atoms with E-state index in [1.807, 2.05) is 20.8 Å². The van der Waals surface area contributed by atoms with Crippen molar-refractivity contribution >= 4 is 17.7 Å². The summed E-state index contributed by atoms with van der Waals surface area (Å²) in [7, 11) is 1.27. The number of hydrogen-bond acceptors (Lipinski definition) is 7. The van der Waals surface area contributed by atoms with Gasteiger partial charge in [0, 0.05) is 22.9 Å². The average molecular weight is 427 g/mol. The van der Waals surface area contributed by atoms with E-state index in [4.69, 9.17) is 9.47 Å². The number of carbonyl (C=O) groups excluding carboxylic acids is 3. The van der Waals surface area contributed by atoms with Crippen molar-refractivity contribution < 1.29 is 29.0 Å². The van der Waals surface area contributed by atoms with Gasteiger partial charge in [0.1, 0.15) is 11.7 Å². The molecule has 1 aromatic carbocycles. The van der Waals surface area contributed by atoms with Crippen molar-refractivity contribution in [2.45, 2.75) is 52.6 Å². The van der Waals surface area contributed by atoms with Crippen molar-refractivity contribution in [3.63, 3.8) is 0 Å². The Bertz CT molecular complexity index is 959. The van der Waals surface area contributed by atoms with E-state index < -0.39 is 23.8 Å². The smallest absolute Gasteiger partial charge is 0.337 e. The van der Waals surface area contributed by atoms with Gasteiger partial charge < -0.3 is 19.9 Å². The lowest BCUT2D eigenvalue weighted by atomic mass is 9.69. The summed E-state index contributed by atoms with van der Waals surface area (Å²) in [4.78, 5) is 39.1. The van der Waals surface area contributed by atoms with Crippen molar-refractivity contribution in [2.75, 3.05) is 7.11 Å². The van der Waals surface area contributed by atoms with Gasteiger partial charge in [-0.25, -0.2) is 4.79 Å². The molecule has 3 rings (SSSR count). The molecule has 0 aromatic heterocycles. The number of carbonyl (C=O) groups is 3. The molecule has 31 heavy (non-hydrogen) atoms. The maximum Gasteiger partial charge on any atom is 0.337 e. The van der Waals surface area contributed by atoms with Crippen LogP contribution in [-0.2, 0) is 23.9 Å². The van der Waals surface area contributed by atoms with Crippen LogP contribution in [0, 0.1) is 11.8 Å². The molecule has 0 amide bonds. The zero-order valence-corrected chi connectivity index (χ0v) is 18.5. The molecule has 7 nitrogen and oxygen atoms in total. The monoisotopic (exact) mass is 427 g/mol. The maximum absolute atomic E-state index is 13.6. The van der Waals surface area contributed by atoms with Crippen LogP contribution >= 0.6 is 0 Å². The molecular weight excluding hydrogens is 398 g/mol. The summed E-state index contributed by atoms with van der Waals surface area (Å²) in [6, 6.07) is 6.38.